The van der Waals surface area contributed by atoms with Crippen molar-refractivity contribution in [2.45, 2.75) is 39.3 Å². The fourth-order valence-corrected chi connectivity index (χ4v) is 3.55. The van der Waals surface area contributed by atoms with Crippen molar-refractivity contribution in [3.8, 4) is 0 Å². The van der Waals surface area contributed by atoms with Crippen LogP contribution in [0.4, 0.5) is 0 Å². The third-order valence-corrected chi connectivity index (χ3v) is 4.95. The number of nitrogens with one attached hydrogen (secondary N) is 1. The number of aliphatic imine (C=N–C) groups is 1. The van der Waals surface area contributed by atoms with Crippen molar-refractivity contribution in [1.82, 2.24) is 15.1 Å². The number of piperidine rings is 1. The van der Waals surface area contributed by atoms with Crippen molar-refractivity contribution in [3.05, 3.63) is 34.9 Å². The Morgan fingerprint density at radius 2 is 2.20 bits per heavy atom. The fourth-order valence-electron chi connectivity index (χ4n) is 3.34. The van der Waals surface area contributed by atoms with Crippen LogP contribution in [0, 0.1) is 5.92 Å². The largest absolute Gasteiger partial charge is 0.356 e. The molecule has 2 rings (SSSR count). The number of halogens is 2. The van der Waals surface area contributed by atoms with Gasteiger partial charge in [0.05, 0.1) is 0 Å². The van der Waals surface area contributed by atoms with E-state index in [0.717, 1.165) is 24.1 Å². The van der Waals surface area contributed by atoms with Gasteiger partial charge in [-0.3, -0.25) is 4.99 Å². The van der Waals surface area contributed by atoms with E-state index in [2.05, 4.69) is 47.1 Å². The van der Waals surface area contributed by atoms with Gasteiger partial charge in [-0.1, -0.05) is 23.7 Å². The second kappa shape index (κ2) is 11.2. The predicted molar refractivity (Wildman–Crippen MR) is 119 cm³/mol. The Labute approximate surface area is 175 Å². The summed E-state index contributed by atoms with van der Waals surface area (Å²) in [5, 5.41) is 4.33. The fraction of sp³-hybridized carbons (Fsp3) is 0.632. The van der Waals surface area contributed by atoms with Gasteiger partial charge in [0, 0.05) is 44.8 Å². The highest BCUT2D eigenvalue weighted by Gasteiger charge is 2.22. The molecule has 0 amide bonds. The van der Waals surface area contributed by atoms with Gasteiger partial charge in [-0.25, -0.2) is 0 Å². The molecule has 0 saturated carbocycles. The molecule has 1 aliphatic heterocycles. The van der Waals surface area contributed by atoms with E-state index in [4.69, 9.17) is 11.6 Å². The van der Waals surface area contributed by atoms with Gasteiger partial charge in [0.1, 0.15) is 0 Å². The predicted octanol–water partition coefficient (Wildman–Crippen LogP) is 4.09. The molecule has 1 aromatic carbocycles. The molecular weight excluding hydrogens is 447 g/mol. The van der Waals surface area contributed by atoms with Crippen LogP contribution in [-0.4, -0.2) is 55.5 Å². The van der Waals surface area contributed by atoms with Gasteiger partial charge in [0.15, 0.2) is 5.96 Å². The molecule has 0 aromatic heterocycles. The summed E-state index contributed by atoms with van der Waals surface area (Å²) in [6.07, 6.45) is 2.59. The molecule has 0 radical (unpaired) electrons. The third kappa shape index (κ3) is 7.31. The summed E-state index contributed by atoms with van der Waals surface area (Å²) in [6, 6.07) is 8.63. The SMILES string of the molecule is CN=C(NCC1CCCN(C(C)C)C1)N(C)Cc1cccc(Cl)c1.I. The lowest BCUT2D eigenvalue weighted by atomic mass is 9.97. The number of rotatable bonds is 5. The van der Waals surface area contributed by atoms with E-state index in [0.29, 0.717) is 12.0 Å². The molecule has 1 aromatic rings. The van der Waals surface area contributed by atoms with Crippen LogP contribution in [0.15, 0.2) is 29.3 Å². The smallest absolute Gasteiger partial charge is 0.193 e. The quantitative estimate of drug-likeness (QED) is 0.393. The highest BCUT2D eigenvalue weighted by molar-refractivity contribution is 14.0. The highest BCUT2D eigenvalue weighted by atomic mass is 127. The normalized spacial score (nSPS) is 18.8. The van der Waals surface area contributed by atoms with Gasteiger partial charge in [-0.15, -0.1) is 24.0 Å². The van der Waals surface area contributed by atoms with Gasteiger partial charge in [-0.2, -0.15) is 0 Å². The molecule has 6 heteroatoms. The van der Waals surface area contributed by atoms with Crippen molar-refractivity contribution in [1.29, 1.82) is 0 Å². The summed E-state index contributed by atoms with van der Waals surface area (Å²) in [6.45, 7) is 8.76. The molecule has 1 N–H and O–H groups in total. The highest BCUT2D eigenvalue weighted by Crippen LogP contribution is 2.18. The van der Waals surface area contributed by atoms with Crippen LogP contribution in [0.2, 0.25) is 5.02 Å². The van der Waals surface area contributed by atoms with Crippen molar-refractivity contribution < 1.29 is 0 Å². The third-order valence-electron chi connectivity index (χ3n) is 4.71. The van der Waals surface area contributed by atoms with E-state index in [-0.39, 0.29) is 24.0 Å². The molecule has 1 atom stereocenters. The number of nitrogens with zero attached hydrogens (tertiary/aromatic N) is 3. The number of likely N-dealkylation sites (tertiary alicyclic amines) is 1. The first-order valence-electron chi connectivity index (χ1n) is 8.90. The average molecular weight is 479 g/mol. The zero-order valence-corrected chi connectivity index (χ0v) is 18.9. The lowest BCUT2D eigenvalue weighted by Gasteiger charge is -2.36. The number of hydrogen-bond donors (Lipinski definition) is 1. The molecule has 1 heterocycles. The summed E-state index contributed by atoms with van der Waals surface area (Å²) < 4.78 is 0. The monoisotopic (exact) mass is 478 g/mol. The molecular formula is C19H32ClIN4. The van der Waals surface area contributed by atoms with E-state index in [1.165, 1.54) is 31.5 Å². The zero-order valence-electron chi connectivity index (χ0n) is 15.8. The molecule has 1 fully saturated rings. The minimum Gasteiger partial charge on any atom is -0.356 e. The van der Waals surface area contributed by atoms with Gasteiger partial charge in [0.2, 0.25) is 0 Å². The zero-order chi connectivity index (χ0) is 17.5. The summed E-state index contributed by atoms with van der Waals surface area (Å²) in [5.74, 6) is 1.63. The summed E-state index contributed by atoms with van der Waals surface area (Å²) in [7, 11) is 3.91. The first-order chi connectivity index (χ1) is 11.5. The second-order valence-corrected chi connectivity index (χ2v) is 7.45. The molecule has 25 heavy (non-hydrogen) atoms. The average Bonchev–Trinajstić information content (AvgIpc) is 2.55. The molecule has 1 aliphatic rings. The Balaban J connectivity index is 0.00000312. The lowest BCUT2D eigenvalue weighted by molar-refractivity contribution is 0.140. The van der Waals surface area contributed by atoms with Crippen LogP contribution in [0.25, 0.3) is 0 Å². The van der Waals surface area contributed by atoms with Crippen LogP contribution >= 0.6 is 35.6 Å². The second-order valence-electron chi connectivity index (χ2n) is 7.01. The van der Waals surface area contributed by atoms with E-state index in [1.54, 1.807) is 0 Å². The van der Waals surface area contributed by atoms with Crippen LogP contribution < -0.4 is 5.32 Å². The van der Waals surface area contributed by atoms with E-state index >= 15 is 0 Å². The van der Waals surface area contributed by atoms with Crippen molar-refractivity contribution >= 4 is 41.5 Å². The Bertz CT molecular complexity index is 550. The standard InChI is InChI=1S/C19H31ClN4.HI/c1-15(2)24-10-6-8-17(14-24)12-22-19(21-3)23(4)13-16-7-5-9-18(20)11-16;/h5,7,9,11,15,17H,6,8,10,12-14H2,1-4H3,(H,21,22);1H. The molecule has 142 valence electrons. The minimum atomic E-state index is 0. The van der Waals surface area contributed by atoms with Crippen LogP contribution in [0.3, 0.4) is 0 Å². The number of benzene rings is 1. The Morgan fingerprint density at radius 1 is 1.44 bits per heavy atom. The van der Waals surface area contributed by atoms with E-state index in [9.17, 15) is 0 Å². The molecule has 0 aliphatic carbocycles. The van der Waals surface area contributed by atoms with Crippen LogP contribution in [0.5, 0.6) is 0 Å². The summed E-state index contributed by atoms with van der Waals surface area (Å²) in [5.41, 5.74) is 1.19. The van der Waals surface area contributed by atoms with Crippen LogP contribution in [-0.2, 0) is 6.54 Å². The Morgan fingerprint density at radius 3 is 2.84 bits per heavy atom. The molecule has 1 saturated heterocycles. The van der Waals surface area contributed by atoms with Crippen LogP contribution in [0.1, 0.15) is 32.3 Å². The topological polar surface area (TPSA) is 30.9 Å². The van der Waals surface area contributed by atoms with E-state index < -0.39 is 0 Å². The number of guanidine groups is 1. The lowest BCUT2D eigenvalue weighted by Crippen LogP contribution is -2.46. The van der Waals surface area contributed by atoms with E-state index in [1.807, 2.05) is 25.2 Å². The van der Waals surface area contributed by atoms with Crippen molar-refractivity contribution in [2.75, 3.05) is 33.7 Å². The number of hydrogen-bond acceptors (Lipinski definition) is 2. The van der Waals surface area contributed by atoms with Gasteiger partial charge >= 0.3 is 0 Å². The first-order valence-corrected chi connectivity index (χ1v) is 9.27. The maximum absolute atomic E-state index is 6.07. The molecule has 1 unspecified atom stereocenters. The Kier molecular flexibility index (Phi) is 10.1. The molecule has 0 bridgehead atoms. The van der Waals surface area contributed by atoms with Crippen molar-refractivity contribution in [3.63, 3.8) is 0 Å². The Hall–Kier alpha value is -0.530. The summed E-state index contributed by atoms with van der Waals surface area (Å²) >= 11 is 6.07. The van der Waals surface area contributed by atoms with Crippen molar-refractivity contribution in [2.24, 2.45) is 10.9 Å². The molecule has 4 nitrogen and oxygen atoms in total. The van der Waals surface area contributed by atoms with Gasteiger partial charge in [-0.05, 0) is 56.8 Å². The molecule has 0 spiro atoms. The summed E-state index contributed by atoms with van der Waals surface area (Å²) in [4.78, 5) is 9.16. The maximum atomic E-state index is 6.07. The van der Waals surface area contributed by atoms with Gasteiger partial charge < -0.3 is 15.1 Å². The maximum Gasteiger partial charge on any atom is 0.193 e. The first kappa shape index (κ1) is 22.5. The van der Waals surface area contributed by atoms with Gasteiger partial charge in [0.25, 0.3) is 0 Å². The minimum absolute atomic E-state index is 0.